The smallest absolute Gasteiger partial charge is 0.132 e. The molecule has 0 unspecified atom stereocenters. The molecule has 0 radical (unpaired) electrons. The molecule has 0 aliphatic carbocycles. The van der Waals surface area contributed by atoms with Gasteiger partial charge in [-0.1, -0.05) is 23.7 Å². The second-order valence-corrected chi connectivity index (χ2v) is 5.71. The number of methoxy groups -OCH3 is 1. The van der Waals surface area contributed by atoms with Gasteiger partial charge in [0.2, 0.25) is 0 Å². The summed E-state index contributed by atoms with van der Waals surface area (Å²) in [5.41, 5.74) is 4.29. The van der Waals surface area contributed by atoms with E-state index in [1.807, 2.05) is 39.1 Å². The summed E-state index contributed by atoms with van der Waals surface area (Å²) in [6, 6.07) is 9.94. The molecule has 0 amide bonds. The fraction of sp³-hybridized carbons (Fsp3) is 0.333. The first kappa shape index (κ1) is 16.8. The van der Waals surface area contributed by atoms with Crippen LogP contribution in [0.2, 0.25) is 5.02 Å². The molecular weight excluding hydrogens is 298 g/mol. The van der Waals surface area contributed by atoms with Crippen LogP contribution in [0.15, 0.2) is 30.3 Å². The third-order valence-corrected chi connectivity index (χ3v) is 4.11. The average molecular weight is 320 g/mol. The van der Waals surface area contributed by atoms with E-state index in [1.54, 1.807) is 7.11 Å². The number of benzene rings is 2. The number of hydrogen-bond donors (Lipinski definition) is 1. The second kappa shape index (κ2) is 7.63. The molecule has 2 rings (SSSR count). The summed E-state index contributed by atoms with van der Waals surface area (Å²) in [5.74, 6) is 1.67. The highest BCUT2D eigenvalue weighted by Gasteiger charge is 2.10. The lowest BCUT2D eigenvalue weighted by Crippen LogP contribution is -2.07. The lowest BCUT2D eigenvalue weighted by Gasteiger charge is -2.16. The van der Waals surface area contributed by atoms with Crippen molar-refractivity contribution in [2.24, 2.45) is 0 Å². The van der Waals surface area contributed by atoms with Gasteiger partial charge in [-0.25, -0.2) is 0 Å². The third kappa shape index (κ3) is 3.80. The number of ether oxygens (including phenoxy) is 2. The van der Waals surface area contributed by atoms with Gasteiger partial charge in [0.25, 0.3) is 0 Å². The summed E-state index contributed by atoms with van der Waals surface area (Å²) in [6.07, 6.45) is 0. The molecule has 0 aliphatic heterocycles. The molecule has 2 aromatic carbocycles. The van der Waals surface area contributed by atoms with Crippen molar-refractivity contribution in [2.75, 3.05) is 14.2 Å². The zero-order valence-corrected chi connectivity index (χ0v) is 14.3. The van der Waals surface area contributed by atoms with Gasteiger partial charge in [0, 0.05) is 24.2 Å². The summed E-state index contributed by atoms with van der Waals surface area (Å²) in [6.45, 7) is 5.33. The normalized spacial score (nSPS) is 10.8. The van der Waals surface area contributed by atoms with Crippen LogP contribution < -0.4 is 10.1 Å². The van der Waals surface area contributed by atoms with E-state index >= 15 is 0 Å². The maximum absolute atomic E-state index is 6.16. The second-order valence-electron chi connectivity index (χ2n) is 5.30. The van der Waals surface area contributed by atoms with E-state index in [0.29, 0.717) is 6.61 Å². The molecule has 0 bridgehead atoms. The molecule has 3 nitrogen and oxygen atoms in total. The Kier molecular flexibility index (Phi) is 5.83. The SMILES string of the molecule is CNCc1ccc(COC)cc1Oc1ccc(Cl)c(C)c1C. The molecule has 22 heavy (non-hydrogen) atoms. The predicted octanol–water partition coefficient (Wildman–Crippen LogP) is 4.61. The van der Waals surface area contributed by atoms with Crippen molar-refractivity contribution in [2.45, 2.75) is 27.0 Å². The molecule has 0 heterocycles. The van der Waals surface area contributed by atoms with Crippen LogP contribution in [0.3, 0.4) is 0 Å². The molecule has 0 spiro atoms. The quantitative estimate of drug-likeness (QED) is 0.843. The minimum absolute atomic E-state index is 0.564. The molecule has 0 saturated carbocycles. The van der Waals surface area contributed by atoms with Gasteiger partial charge >= 0.3 is 0 Å². The molecule has 1 N–H and O–H groups in total. The summed E-state index contributed by atoms with van der Waals surface area (Å²) >= 11 is 6.15. The Morgan fingerprint density at radius 2 is 1.82 bits per heavy atom. The van der Waals surface area contributed by atoms with Crippen LogP contribution >= 0.6 is 11.6 Å². The summed E-state index contributed by atoms with van der Waals surface area (Å²) in [4.78, 5) is 0. The van der Waals surface area contributed by atoms with E-state index in [0.717, 1.165) is 45.3 Å². The summed E-state index contributed by atoms with van der Waals surface area (Å²) < 4.78 is 11.4. The Bertz CT molecular complexity index is 656. The molecule has 0 aromatic heterocycles. The van der Waals surface area contributed by atoms with Gasteiger partial charge in [0.05, 0.1) is 6.61 Å². The zero-order valence-electron chi connectivity index (χ0n) is 13.5. The molecule has 0 atom stereocenters. The van der Waals surface area contributed by atoms with Gasteiger partial charge in [0.1, 0.15) is 11.5 Å². The first-order valence-electron chi connectivity index (χ1n) is 7.25. The Morgan fingerprint density at radius 3 is 2.50 bits per heavy atom. The van der Waals surface area contributed by atoms with Crippen LogP contribution in [0, 0.1) is 13.8 Å². The fourth-order valence-electron chi connectivity index (χ4n) is 2.28. The molecule has 0 aliphatic rings. The van der Waals surface area contributed by atoms with Crippen molar-refractivity contribution in [3.05, 3.63) is 57.6 Å². The van der Waals surface area contributed by atoms with E-state index in [9.17, 15) is 0 Å². The first-order chi connectivity index (χ1) is 10.6. The van der Waals surface area contributed by atoms with Gasteiger partial charge in [-0.05, 0) is 55.8 Å². The van der Waals surface area contributed by atoms with Crippen molar-refractivity contribution < 1.29 is 9.47 Å². The number of hydrogen-bond acceptors (Lipinski definition) is 3. The van der Waals surface area contributed by atoms with Crippen LogP contribution in [-0.4, -0.2) is 14.2 Å². The topological polar surface area (TPSA) is 30.5 Å². The maximum atomic E-state index is 6.16. The zero-order chi connectivity index (χ0) is 16.1. The molecule has 2 aromatic rings. The van der Waals surface area contributed by atoms with Crippen LogP contribution in [0.25, 0.3) is 0 Å². The maximum Gasteiger partial charge on any atom is 0.132 e. The number of nitrogens with one attached hydrogen (secondary N) is 1. The van der Waals surface area contributed by atoms with Gasteiger partial charge in [0.15, 0.2) is 0 Å². The van der Waals surface area contributed by atoms with E-state index in [-0.39, 0.29) is 0 Å². The van der Waals surface area contributed by atoms with E-state index in [4.69, 9.17) is 21.1 Å². The Labute approximate surface area is 137 Å². The highest BCUT2D eigenvalue weighted by atomic mass is 35.5. The lowest BCUT2D eigenvalue weighted by molar-refractivity contribution is 0.184. The molecule has 4 heteroatoms. The monoisotopic (exact) mass is 319 g/mol. The minimum atomic E-state index is 0.564. The standard InChI is InChI=1S/C18H22ClNO2/c1-12-13(2)17(8-7-16(12)19)22-18-9-14(11-21-4)5-6-15(18)10-20-3/h5-9,20H,10-11H2,1-4H3. The van der Waals surface area contributed by atoms with Crippen LogP contribution in [-0.2, 0) is 17.9 Å². The molecule has 0 saturated heterocycles. The summed E-state index contributed by atoms with van der Waals surface area (Å²) in [5, 5.41) is 3.92. The van der Waals surface area contributed by atoms with Crippen LogP contribution in [0.1, 0.15) is 22.3 Å². The first-order valence-corrected chi connectivity index (χ1v) is 7.63. The van der Waals surface area contributed by atoms with Gasteiger partial charge in [-0.2, -0.15) is 0 Å². The highest BCUT2D eigenvalue weighted by molar-refractivity contribution is 6.31. The molecule has 118 valence electrons. The van der Waals surface area contributed by atoms with Crippen molar-refractivity contribution >= 4 is 11.6 Å². The van der Waals surface area contributed by atoms with E-state index < -0.39 is 0 Å². The number of rotatable bonds is 6. The molecule has 0 fully saturated rings. The largest absolute Gasteiger partial charge is 0.457 e. The van der Waals surface area contributed by atoms with Gasteiger partial charge < -0.3 is 14.8 Å². The highest BCUT2D eigenvalue weighted by Crippen LogP contribution is 2.33. The van der Waals surface area contributed by atoms with E-state index in [2.05, 4.69) is 17.4 Å². The predicted molar refractivity (Wildman–Crippen MR) is 90.9 cm³/mol. The minimum Gasteiger partial charge on any atom is -0.457 e. The van der Waals surface area contributed by atoms with Crippen molar-refractivity contribution in [3.63, 3.8) is 0 Å². The van der Waals surface area contributed by atoms with Crippen molar-refractivity contribution in [1.82, 2.24) is 5.32 Å². The number of halogens is 1. The van der Waals surface area contributed by atoms with E-state index in [1.165, 1.54) is 0 Å². The third-order valence-electron chi connectivity index (χ3n) is 3.70. The molecular formula is C18H22ClNO2. The Hall–Kier alpha value is -1.55. The van der Waals surface area contributed by atoms with Crippen molar-refractivity contribution in [1.29, 1.82) is 0 Å². The lowest BCUT2D eigenvalue weighted by atomic mass is 10.1. The van der Waals surface area contributed by atoms with Crippen molar-refractivity contribution in [3.8, 4) is 11.5 Å². The van der Waals surface area contributed by atoms with Crippen LogP contribution in [0.5, 0.6) is 11.5 Å². The fourth-order valence-corrected chi connectivity index (χ4v) is 2.48. The van der Waals surface area contributed by atoms with Gasteiger partial charge in [-0.15, -0.1) is 0 Å². The van der Waals surface area contributed by atoms with Crippen LogP contribution in [0.4, 0.5) is 0 Å². The Morgan fingerprint density at radius 1 is 1.05 bits per heavy atom. The summed E-state index contributed by atoms with van der Waals surface area (Å²) in [7, 11) is 3.61. The average Bonchev–Trinajstić information content (AvgIpc) is 2.51. The Balaban J connectivity index is 2.38. The van der Waals surface area contributed by atoms with Gasteiger partial charge in [-0.3, -0.25) is 0 Å².